The lowest BCUT2D eigenvalue weighted by Gasteiger charge is -2.28. The van der Waals surface area contributed by atoms with Gasteiger partial charge in [-0.15, -0.1) is 0 Å². The van der Waals surface area contributed by atoms with Gasteiger partial charge < -0.3 is 9.88 Å². The summed E-state index contributed by atoms with van der Waals surface area (Å²) in [7, 11) is 1.92. The maximum atomic E-state index is 13.9. The number of hydrogen-bond acceptors (Lipinski definition) is 2. The molecule has 0 spiro atoms. The number of piperidine rings is 1. The predicted molar refractivity (Wildman–Crippen MR) is 70.1 cm³/mol. The smallest absolute Gasteiger partial charge is 0.149 e. The summed E-state index contributed by atoms with van der Waals surface area (Å²) in [5.74, 6) is 1.79. The average Bonchev–Trinajstić information content (AvgIpc) is 2.69. The van der Waals surface area contributed by atoms with E-state index in [-0.39, 0.29) is 5.82 Å². The third-order valence-corrected chi connectivity index (χ3v) is 4.00. The van der Waals surface area contributed by atoms with Crippen molar-refractivity contribution in [1.82, 2.24) is 14.9 Å². The molecule has 1 aromatic carbocycles. The Bertz CT molecular complexity index is 576. The Morgan fingerprint density at radius 1 is 1.44 bits per heavy atom. The summed E-state index contributed by atoms with van der Waals surface area (Å²) in [6.45, 7) is 4.25. The van der Waals surface area contributed by atoms with E-state index >= 15 is 0 Å². The molecule has 0 aliphatic carbocycles. The van der Waals surface area contributed by atoms with Gasteiger partial charge in [-0.05, 0) is 37.6 Å². The summed E-state index contributed by atoms with van der Waals surface area (Å²) in [5, 5.41) is 3.39. The van der Waals surface area contributed by atoms with Gasteiger partial charge in [0.05, 0.1) is 5.52 Å². The van der Waals surface area contributed by atoms with Crippen molar-refractivity contribution in [3.8, 4) is 0 Å². The number of hydrogen-bond donors (Lipinski definition) is 1. The number of aryl methyl sites for hydroxylation is 1. The van der Waals surface area contributed by atoms with E-state index < -0.39 is 0 Å². The van der Waals surface area contributed by atoms with Crippen LogP contribution in [0.15, 0.2) is 18.2 Å². The fraction of sp³-hybridized carbons (Fsp3) is 0.500. The van der Waals surface area contributed by atoms with Gasteiger partial charge in [-0.1, -0.05) is 13.0 Å². The average molecular weight is 247 g/mol. The van der Waals surface area contributed by atoms with Crippen LogP contribution in [0, 0.1) is 11.7 Å². The van der Waals surface area contributed by atoms with Crippen LogP contribution < -0.4 is 5.32 Å². The van der Waals surface area contributed by atoms with Crippen molar-refractivity contribution in [3.63, 3.8) is 0 Å². The molecular weight excluding hydrogens is 229 g/mol. The zero-order valence-corrected chi connectivity index (χ0v) is 10.8. The zero-order chi connectivity index (χ0) is 12.7. The maximum Gasteiger partial charge on any atom is 0.149 e. The molecule has 1 aromatic heterocycles. The molecular formula is C14H18FN3. The van der Waals surface area contributed by atoms with Gasteiger partial charge in [-0.25, -0.2) is 9.37 Å². The van der Waals surface area contributed by atoms with Gasteiger partial charge in [0.2, 0.25) is 0 Å². The fourth-order valence-corrected chi connectivity index (χ4v) is 2.97. The van der Waals surface area contributed by atoms with Crippen LogP contribution in [0.3, 0.4) is 0 Å². The van der Waals surface area contributed by atoms with Gasteiger partial charge in [0.1, 0.15) is 17.2 Å². The lowest BCUT2D eigenvalue weighted by atomic mass is 9.87. The molecule has 2 aromatic rings. The van der Waals surface area contributed by atoms with Gasteiger partial charge >= 0.3 is 0 Å². The third kappa shape index (κ3) is 1.72. The maximum absolute atomic E-state index is 13.9. The van der Waals surface area contributed by atoms with Crippen LogP contribution in [-0.2, 0) is 7.05 Å². The highest BCUT2D eigenvalue weighted by Gasteiger charge is 2.27. The van der Waals surface area contributed by atoms with Crippen molar-refractivity contribution in [2.75, 3.05) is 13.1 Å². The molecule has 3 nitrogen and oxygen atoms in total. The number of rotatable bonds is 1. The standard InChI is InChI=1S/C14H18FN3/c1-9-8-16-7-6-10(9)14-17-12-5-3-4-11(15)13(12)18(14)2/h3-5,9-10,16H,6-8H2,1-2H3. The Hall–Kier alpha value is -1.42. The molecule has 0 saturated carbocycles. The number of nitrogens with zero attached hydrogens (tertiary/aromatic N) is 2. The molecule has 0 radical (unpaired) electrons. The molecule has 2 heterocycles. The number of benzene rings is 1. The summed E-state index contributed by atoms with van der Waals surface area (Å²) in [4.78, 5) is 4.64. The molecule has 0 amide bonds. The number of nitrogens with one attached hydrogen (secondary N) is 1. The van der Waals surface area contributed by atoms with E-state index in [9.17, 15) is 4.39 Å². The minimum Gasteiger partial charge on any atom is -0.328 e. The molecule has 2 atom stereocenters. The van der Waals surface area contributed by atoms with Crippen LogP contribution in [-0.4, -0.2) is 22.6 Å². The van der Waals surface area contributed by atoms with Crippen molar-refractivity contribution in [3.05, 3.63) is 29.8 Å². The molecule has 4 heteroatoms. The van der Waals surface area contributed by atoms with Crippen molar-refractivity contribution in [1.29, 1.82) is 0 Å². The summed E-state index contributed by atoms with van der Waals surface area (Å²) < 4.78 is 15.8. The lowest BCUT2D eigenvalue weighted by Crippen LogP contribution is -2.34. The molecule has 2 unspecified atom stereocenters. The second-order valence-corrected chi connectivity index (χ2v) is 5.21. The molecule has 1 saturated heterocycles. The number of halogens is 1. The molecule has 1 N–H and O–H groups in total. The Kier molecular flexibility index (Phi) is 2.82. The molecule has 1 aliphatic rings. The molecule has 96 valence electrons. The van der Waals surface area contributed by atoms with Gasteiger partial charge in [0.15, 0.2) is 0 Å². The predicted octanol–water partition coefficient (Wildman–Crippen LogP) is 2.43. The highest BCUT2D eigenvalue weighted by molar-refractivity contribution is 5.76. The van der Waals surface area contributed by atoms with Crippen molar-refractivity contribution in [2.45, 2.75) is 19.3 Å². The van der Waals surface area contributed by atoms with E-state index in [1.165, 1.54) is 6.07 Å². The highest BCUT2D eigenvalue weighted by atomic mass is 19.1. The molecule has 1 fully saturated rings. The third-order valence-electron chi connectivity index (χ3n) is 4.00. The summed E-state index contributed by atoms with van der Waals surface area (Å²) >= 11 is 0. The topological polar surface area (TPSA) is 29.9 Å². The first-order chi connectivity index (χ1) is 8.68. The van der Waals surface area contributed by atoms with Crippen molar-refractivity contribution >= 4 is 11.0 Å². The minimum absolute atomic E-state index is 0.185. The molecule has 1 aliphatic heterocycles. The van der Waals surface area contributed by atoms with Gasteiger partial charge in [-0.2, -0.15) is 0 Å². The van der Waals surface area contributed by atoms with E-state index in [4.69, 9.17) is 0 Å². The van der Waals surface area contributed by atoms with E-state index in [2.05, 4.69) is 17.2 Å². The molecule has 3 rings (SSSR count). The van der Waals surface area contributed by atoms with Gasteiger partial charge in [-0.3, -0.25) is 0 Å². The molecule has 18 heavy (non-hydrogen) atoms. The van der Waals surface area contributed by atoms with E-state index in [0.717, 1.165) is 30.9 Å². The first kappa shape index (κ1) is 11.7. The lowest BCUT2D eigenvalue weighted by molar-refractivity contribution is 0.334. The zero-order valence-electron chi connectivity index (χ0n) is 10.8. The number of imidazole rings is 1. The summed E-state index contributed by atoms with van der Waals surface area (Å²) in [5.41, 5.74) is 1.39. The molecule has 0 bridgehead atoms. The highest BCUT2D eigenvalue weighted by Crippen LogP contribution is 2.31. The first-order valence-electron chi connectivity index (χ1n) is 6.50. The van der Waals surface area contributed by atoms with Crippen LogP contribution in [0.1, 0.15) is 25.1 Å². The van der Waals surface area contributed by atoms with Crippen LogP contribution >= 0.6 is 0 Å². The number of para-hydroxylation sites is 1. The van der Waals surface area contributed by atoms with Gasteiger partial charge in [0.25, 0.3) is 0 Å². The summed E-state index contributed by atoms with van der Waals surface area (Å²) in [6.07, 6.45) is 1.07. The van der Waals surface area contributed by atoms with Gasteiger partial charge in [0, 0.05) is 13.0 Å². The van der Waals surface area contributed by atoms with Crippen LogP contribution in [0.2, 0.25) is 0 Å². The largest absolute Gasteiger partial charge is 0.328 e. The Balaban J connectivity index is 2.12. The van der Waals surface area contributed by atoms with E-state index in [1.807, 2.05) is 17.7 Å². The first-order valence-corrected chi connectivity index (χ1v) is 6.50. The second kappa shape index (κ2) is 4.35. The van der Waals surface area contributed by atoms with E-state index in [0.29, 0.717) is 17.4 Å². The van der Waals surface area contributed by atoms with Crippen molar-refractivity contribution < 1.29 is 4.39 Å². The minimum atomic E-state index is -0.185. The normalized spacial score (nSPS) is 24.6. The van der Waals surface area contributed by atoms with Crippen molar-refractivity contribution in [2.24, 2.45) is 13.0 Å². The second-order valence-electron chi connectivity index (χ2n) is 5.21. The number of aromatic nitrogens is 2. The van der Waals surface area contributed by atoms with Crippen LogP contribution in [0.4, 0.5) is 4.39 Å². The monoisotopic (exact) mass is 247 g/mol. The fourth-order valence-electron chi connectivity index (χ4n) is 2.97. The van der Waals surface area contributed by atoms with Crippen LogP contribution in [0.25, 0.3) is 11.0 Å². The SMILES string of the molecule is CC1CNCCC1c1nc2cccc(F)c2n1C. The van der Waals surface area contributed by atoms with E-state index in [1.54, 1.807) is 6.07 Å². The number of fused-ring (bicyclic) bond motifs is 1. The Morgan fingerprint density at radius 2 is 2.28 bits per heavy atom. The quantitative estimate of drug-likeness (QED) is 0.838. The summed E-state index contributed by atoms with van der Waals surface area (Å²) in [6, 6.07) is 5.10. The Labute approximate surface area is 106 Å². The Morgan fingerprint density at radius 3 is 3.00 bits per heavy atom. The van der Waals surface area contributed by atoms with Crippen LogP contribution in [0.5, 0.6) is 0 Å².